The number of carbonyl (C=O) groups is 2. The number of carbonyl (C=O) groups excluding carboxylic acids is 2. The van der Waals surface area contributed by atoms with Crippen LogP contribution in [0.1, 0.15) is 29.6 Å². The summed E-state index contributed by atoms with van der Waals surface area (Å²) in [4.78, 5) is 31.5. The van der Waals surface area contributed by atoms with Gasteiger partial charge < -0.3 is 15.1 Å². The Morgan fingerprint density at radius 3 is 2.95 bits per heavy atom. The van der Waals surface area contributed by atoms with Crippen molar-refractivity contribution in [2.24, 2.45) is 0 Å². The number of anilines is 1. The van der Waals surface area contributed by atoms with Gasteiger partial charge in [0.25, 0.3) is 5.91 Å². The molecule has 0 radical (unpaired) electrons. The topological polar surface area (TPSA) is 65.5 Å². The van der Waals surface area contributed by atoms with E-state index in [1.54, 1.807) is 18.3 Å². The summed E-state index contributed by atoms with van der Waals surface area (Å²) >= 11 is 0. The Labute approximate surface area is 125 Å². The maximum atomic E-state index is 12.2. The molecule has 21 heavy (non-hydrogen) atoms. The lowest BCUT2D eigenvalue weighted by Crippen LogP contribution is -2.31. The van der Waals surface area contributed by atoms with Crippen molar-refractivity contribution in [1.29, 1.82) is 0 Å². The average Bonchev–Trinajstić information content (AvgIpc) is 2.88. The molecule has 0 spiro atoms. The molecule has 6 heteroatoms. The van der Waals surface area contributed by atoms with E-state index >= 15 is 0 Å². The van der Waals surface area contributed by atoms with Crippen molar-refractivity contribution in [3.63, 3.8) is 0 Å². The highest BCUT2D eigenvalue weighted by Gasteiger charge is 2.19. The normalized spacial score (nSPS) is 14.4. The lowest BCUT2D eigenvalue weighted by molar-refractivity contribution is -0.127. The van der Waals surface area contributed by atoms with Gasteiger partial charge in [-0.2, -0.15) is 0 Å². The molecule has 1 N–H and O–H groups in total. The molecule has 1 aromatic rings. The molecule has 1 aliphatic heterocycles. The van der Waals surface area contributed by atoms with Crippen LogP contribution in [0, 0.1) is 0 Å². The Bertz CT molecular complexity index is 516. The Kier molecular flexibility index (Phi) is 5.14. The molecule has 2 rings (SSSR count). The lowest BCUT2D eigenvalue weighted by atomic mass is 10.2. The molecule has 0 saturated carbocycles. The fourth-order valence-electron chi connectivity index (χ4n) is 2.44. The predicted octanol–water partition coefficient (Wildman–Crippen LogP) is 0.890. The van der Waals surface area contributed by atoms with Crippen molar-refractivity contribution >= 4 is 17.6 Å². The zero-order chi connectivity index (χ0) is 15.2. The van der Waals surface area contributed by atoms with E-state index in [1.165, 1.54) is 0 Å². The molecule has 2 amide bonds. The molecular formula is C15H22N4O2. The van der Waals surface area contributed by atoms with Crippen LogP contribution < -0.4 is 10.2 Å². The third-order valence-corrected chi connectivity index (χ3v) is 3.52. The molecule has 0 bridgehead atoms. The fraction of sp³-hybridized carbons (Fsp3) is 0.533. The maximum absolute atomic E-state index is 12.2. The second-order valence-corrected chi connectivity index (χ2v) is 5.36. The minimum Gasteiger partial charge on any atom is -0.362 e. The van der Waals surface area contributed by atoms with Crippen LogP contribution in [0.5, 0.6) is 0 Å². The quantitative estimate of drug-likeness (QED) is 0.790. The van der Waals surface area contributed by atoms with E-state index in [2.05, 4.69) is 10.3 Å². The number of nitrogens with one attached hydrogen (secondary N) is 1. The van der Waals surface area contributed by atoms with Gasteiger partial charge in [-0.1, -0.05) is 0 Å². The van der Waals surface area contributed by atoms with Gasteiger partial charge in [0.15, 0.2) is 0 Å². The van der Waals surface area contributed by atoms with Crippen LogP contribution in [0.3, 0.4) is 0 Å². The molecule has 0 aliphatic carbocycles. The van der Waals surface area contributed by atoms with Crippen molar-refractivity contribution < 1.29 is 9.59 Å². The average molecular weight is 290 g/mol. The first-order valence-corrected chi connectivity index (χ1v) is 7.28. The molecule has 1 aromatic heterocycles. The highest BCUT2D eigenvalue weighted by molar-refractivity contribution is 5.98. The Morgan fingerprint density at radius 1 is 1.48 bits per heavy atom. The molecule has 1 aliphatic rings. The van der Waals surface area contributed by atoms with Gasteiger partial charge in [-0.05, 0) is 25.0 Å². The van der Waals surface area contributed by atoms with Gasteiger partial charge in [0.05, 0.1) is 5.56 Å². The van der Waals surface area contributed by atoms with Crippen LogP contribution in [0.2, 0.25) is 0 Å². The molecule has 2 heterocycles. The lowest BCUT2D eigenvalue weighted by Gasteiger charge is -2.17. The van der Waals surface area contributed by atoms with Crippen molar-refractivity contribution in [2.75, 3.05) is 38.6 Å². The number of hydrogen-bond donors (Lipinski definition) is 1. The largest absolute Gasteiger partial charge is 0.362 e. The number of rotatable bonds is 6. The molecule has 6 nitrogen and oxygen atoms in total. The van der Waals surface area contributed by atoms with E-state index in [0.29, 0.717) is 30.9 Å². The van der Waals surface area contributed by atoms with Gasteiger partial charge in [-0.15, -0.1) is 0 Å². The molecular weight excluding hydrogens is 268 g/mol. The van der Waals surface area contributed by atoms with Crippen molar-refractivity contribution in [3.8, 4) is 0 Å². The fourth-order valence-corrected chi connectivity index (χ4v) is 2.44. The van der Waals surface area contributed by atoms with E-state index in [9.17, 15) is 9.59 Å². The monoisotopic (exact) mass is 290 g/mol. The summed E-state index contributed by atoms with van der Waals surface area (Å²) in [5.74, 6) is 0.757. The summed E-state index contributed by atoms with van der Waals surface area (Å²) in [7, 11) is 3.72. The molecule has 114 valence electrons. The van der Waals surface area contributed by atoms with Crippen molar-refractivity contribution in [3.05, 3.63) is 23.9 Å². The predicted molar refractivity (Wildman–Crippen MR) is 81.3 cm³/mol. The zero-order valence-corrected chi connectivity index (χ0v) is 12.6. The first-order valence-electron chi connectivity index (χ1n) is 7.28. The molecule has 0 unspecified atom stereocenters. The maximum Gasteiger partial charge on any atom is 0.255 e. The summed E-state index contributed by atoms with van der Waals surface area (Å²) in [6.07, 6.45) is 4.06. The van der Waals surface area contributed by atoms with Crippen LogP contribution in [0.15, 0.2) is 18.3 Å². The van der Waals surface area contributed by atoms with Gasteiger partial charge in [0.2, 0.25) is 5.91 Å². The standard InChI is InChI=1S/C15H22N4O2/c1-18(2)14-12(6-3-8-16-14)15(21)17-9-5-11-19-10-4-7-13(19)20/h3,6,8H,4-5,7,9-11H2,1-2H3,(H,17,21). The Balaban J connectivity index is 1.81. The number of aromatic nitrogens is 1. The number of hydrogen-bond acceptors (Lipinski definition) is 4. The van der Waals surface area contributed by atoms with Crippen LogP contribution in [-0.4, -0.2) is 55.4 Å². The summed E-state index contributed by atoms with van der Waals surface area (Å²) in [5, 5.41) is 2.89. The van der Waals surface area contributed by atoms with E-state index in [1.807, 2.05) is 23.9 Å². The van der Waals surface area contributed by atoms with Crippen LogP contribution in [0.25, 0.3) is 0 Å². The highest BCUT2D eigenvalue weighted by Crippen LogP contribution is 2.14. The SMILES string of the molecule is CN(C)c1ncccc1C(=O)NCCCN1CCCC1=O. The number of likely N-dealkylation sites (tertiary alicyclic amines) is 1. The van der Waals surface area contributed by atoms with Crippen LogP contribution in [-0.2, 0) is 4.79 Å². The van der Waals surface area contributed by atoms with Gasteiger partial charge in [0.1, 0.15) is 5.82 Å². The van der Waals surface area contributed by atoms with Gasteiger partial charge >= 0.3 is 0 Å². The summed E-state index contributed by atoms with van der Waals surface area (Å²) < 4.78 is 0. The number of amides is 2. The third-order valence-electron chi connectivity index (χ3n) is 3.52. The van der Waals surface area contributed by atoms with Crippen molar-refractivity contribution in [1.82, 2.24) is 15.2 Å². The summed E-state index contributed by atoms with van der Waals surface area (Å²) in [6, 6.07) is 3.52. The van der Waals surface area contributed by atoms with Crippen LogP contribution >= 0.6 is 0 Å². The number of nitrogens with zero attached hydrogens (tertiary/aromatic N) is 3. The first-order chi connectivity index (χ1) is 10.1. The molecule has 1 saturated heterocycles. The van der Waals surface area contributed by atoms with Gasteiger partial charge in [0, 0.05) is 46.3 Å². The molecule has 0 aromatic carbocycles. The second kappa shape index (κ2) is 7.06. The smallest absolute Gasteiger partial charge is 0.255 e. The van der Waals surface area contributed by atoms with E-state index in [-0.39, 0.29) is 11.8 Å². The van der Waals surface area contributed by atoms with E-state index < -0.39 is 0 Å². The van der Waals surface area contributed by atoms with E-state index in [4.69, 9.17) is 0 Å². The Hall–Kier alpha value is -2.11. The van der Waals surface area contributed by atoms with E-state index in [0.717, 1.165) is 19.4 Å². The second-order valence-electron chi connectivity index (χ2n) is 5.36. The molecule has 1 fully saturated rings. The molecule has 0 atom stereocenters. The third kappa shape index (κ3) is 3.93. The highest BCUT2D eigenvalue weighted by atomic mass is 16.2. The summed E-state index contributed by atoms with van der Waals surface area (Å²) in [5.41, 5.74) is 0.569. The minimum absolute atomic E-state index is 0.125. The van der Waals surface area contributed by atoms with Crippen molar-refractivity contribution in [2.45, 2.75) is 19.3 Å². The zero-order valence-electron chi connectivity index (χ0n) is 12.6. The van der Waals surface area contributed by atoms with Gasteiger partial charge in [-0.25, -0.2) is 4.98 Å². The van der Waals surface area contributed by atoms with Gasteiger partial charge in [-0.3, -0.25) is 9.59 Å². The number of pyridine rings is 1. The first kappa shape index (κ1) is 15.3. The van der Waals surface area contributed by atoms with Crippen LogP contribution in [0.4, 0.5) is 5.82 Å². The minimum atomic E-state index is -0.125. The Morgan fingerprint density at radius 2 is 2.29 bits per heavy atom. The summed E-state index contributed by atoms with van der Waals surface area (Å²) in [6.45, 7) is 2.12.